The average molecular weight is 252 g/mol. The first kappa shape index (κ1) is 12.1. The standard InChI is InChI=1S/C13H14ClNO2/c1-2-10(14)13(17)9-3-5-11-8(7-9)4-6-12(16)15-11/h3,5,7,10H,2,4,6H2,1H3,(H,15,16). The molecule has 0 aliphatic carbocycles. The summed E-state index contributed by atoms with van der Waals surface area (Å²) in [5.41, 5.74) is 2.44. The van der Waals surface area contributed by atoms with Crippen LogP contribution in [0.4, 0.5) is 5.69 Å². The number of carbonyl (C=O) groups is 2. The molecule has 1 heterocycles. The Labute approximate surface area is 105 Å². The molecule has 90 valence electrons. The molecule has 4 heteroatoms. The molecule has 0 aromatic heterocycles. The highest BCUT2D eigenvalue weighted by molar-refractivity contribution is 6.33. The van der Waals surface area contributed by atoms with E-state index in [1.54, 1.807) is 12.1 Å². The lowest BCUT2D eigenvalue weighted by Gasteiger charge is -2.17. The fraction of sp³-hybridized carbons (Fsp3) is 0.385. The Morgan fingerprint density at radius 3 is 2.94 bits per heavy atom. The minimum atomic E-state index is -0.466. The molecule has 0 radical (unpaired) electrons. The van der Waals surface area contributed by atoms with Crippen LogP contribution in [-0.2, 0) is 11.2 Å². The quantitative estimate of drug-likeness (QED) is 0.663. The van der Waals surface area contributed by atoms with E-state index in [0.717, 1.165) is 11.3 Å². The van der Waals surface area contributed by atoms with Crippen molar-refractivity contribution in [3.8, 4) is 0 Å². The Bertz CT molecular complexity index is 470. The third-order valence-electron chi connectivity index (χ3n) is 2.93. The van der Waals surface area contributed by atoms with Crippen molar-refractivity contribution in [2.45, 2.75) is 31.6 Å². The number of hydrogen-bond donors (Lipinski definition) is 1. The number of alkyl halides is 1. The van der Waals surface area contributed by atoms with E-state index in [1.807, 2.05) is 13.0 Å². The van der Waals surface area contributed by atoms with Crippen molar-refractivity contribution in [2.75, 3.05) is 5.32 Å². The maximum Gasteiger partial charge on any atom is 0.224 e. The van der Waals surface area contributed by atoms with Gasteiger partial charge in [-0.15, -0.1) is 11.6 Å². The molecule has 0 spiro atoms. The number of Topliss-reactive ketones (excluding diaryl/α,β-unsaturated/α-hetero) is 1. The van der Waals surface area contributed by atoms with E-state index in [4.69, 9.17) is 11.6 Å². The van der Waals surface area contributed by atoms with Crippen LogP contribution in [0.3, 0.4) is 0 Å². The number of benzene rings is 1. The van der Waals surface area contributed by atoms with Crippen molar-refractivity contribution < 1.29 is 9.59 Å². The van der Waals surface area contributed by atoms with Crippen molar-refractivity contribution in [3.05, 3.63) is 29.3 Å². The molecule has 1 N–H and O–H groups in total. The van der Waals surface area contributed by atoms with Gasteiger partial charge in [-0.1, -0.05) is 6.92 Å². The SMILES string of the molecule is CCC(Cl)C(=O)c1ccc2c(c1)CCC(=O)N2. The van der Waals surface area contributed by atoms with Crippen LogP contribution in [0.15, 0.2) is 18.2 Å². The predicted octanol–water partition coefficient (Wildman–Crippen LogP) is 2.77. The zero-order valence-corrected chi connectivity index (χ0v) is 10.4. The Hall–Kier alpha value is -1.35. The van der Waals surface area contributed by atoms with Crippen molar-refractivity contribution in [3.63, 3.8) is 0 Å². The van der Waals surface area contributed by atoms with E-state index in [2.05, 4.69) is 5.32 Å². The molecule has 2 rings (SSSR count). The molecule has 1 aromatic carbocycles. The summed E-state index contributed by atoms with van der Waals surface area (Å²) in [6, 6.07) is 5.33. The number of carbonyl (C=O) groups excluding carboxylic acids is 2. The lowest BCUT2D eigenvalue weighted by molar-refractivity contribution is -0.116. The number of ketones is 1. The average Bonchev–Trinajstić information content (AvgIpc) is 2.36. The van der Waals surface area contributed by atoms with Gasteiger partial charge < -0.3 is 5.32 Å². The largest absolute Gasteiger partial charge is 0.326 e. The normalized spacial score (nSPS) is 16.0. The fourth-order valence-electron chi connectivity index (χ4n) is 1.90. The molecule has 1 aliphatic rings. The van der Waals surface area contributed by atoms with E-state index in [1.165, 1.54) is 0 Å². The zero-order chi connectivity index (χ0) is 12.4. The van der Waals surface area contributed by atoms with Crippen LogP contribution in [0, 0.1) is 0 Å². The molecular formula is C13H14ClNO2. The van der Waals surface area contributed by atoms with E-state index >= 15 is 0 Å². The maximum absolute atomic E-state index is 11.9. The Morgan fingerprint density at radius 2 is 2.24 bits per heavy atom. The summed E-state index contributed by atoms with van der Waals surface area (Å²) < 4.78 is 0. The van der Waals surface area contributed by atoms with Gasteiger partial charge in [-0.25, -0.2) is 0 Å². The summed E-state index contributed by atoms with van der Waals surface area (Å²) in [6.07, 6.45) is 1.78. The van der Waals surface area contributed by atoms with Crippen LogP contribution in [0.5, 0.6) is 0 Å². The molecule has 1 aromatic rings. The topological polar surface area (TPSA) is 46.2 Å². The van der Waals surface area contributed by atoms with Crippen molar-refractivity contribution in [1.29, 1.82) is 0 Å². The van der Waals surface area contributed by atoms with Gasteiger partial charge in [0.2, 0.25) is 5.91 Å². The predicted molar refractivity (Wildman–Crippen MR) is 67.7 cm³/mol. The van der Waals surface area contributed by atoms with Gasteiger partial charge in [0.1, 0.15) is 0 Å². The number of nitrogens with one attached hydrogen (secondary N) is 1. The number of anilines is 1. The number of halogens is 1. The van der Waals surface area contributed by atoms with Gasteiger partial charge in [0.05, 0.1) is 5.38 Å². The minimum Gasteiger partial charge on any atom is -0.326 e. The molecule has 0 fully saturated rings. The second-order valence-corrected chi connectivity index (χ2v) is 4.69. The molecule has 1 unspecified atom stereocenters. The highest BCUT2D eigenvalue weighted by Crippen LogP contribution is 2.24. The minimum absolute atomic E-state index is 0.0281. The van der Waals surface area contributed by atoms with Gasteiger partial charge in [-0.05, 0) is 36.6 Å². The number of hydrogen-bond acceptors (Lipinski definition) is 2. The van der Waals surface area contributed by atoms with Crippen LogP contribution in [0.25, 0.3) is 0 Å². The van der Waals surface area contributed by atoms with Crippen molar-refractivity contribution in [1.82, 2.24) is 0 Å². The van der Waals surface area contributed by atoms with Gasteiger partial charge in [-0.3, -0.25) is 9.59 Å². The Morgan fingerprint density at radius 1 is 1.47 bits per heavy atom. The van der Waals surface area contributed by atoms with Crippen LogP contribution in [-0.4, -0.2) is 17.1 Å². The first-order valence-electron chi connectivity index (χ1n) is 5.73. The highest BCUT2D eigenvalue weighted by atomic mass is 35.5. The van der Waals surface area contributed by atoms with Gasteiger partial charge in [0.15, 0.2) is 5.78 Å². The molecule has 17 heavy (non-hydrogen) atoms. The summed E-state index contributed by atoms with van der Waals surface area (Å²) in [7, 11) is 0. The molecule has 3 nitrogen and oxygen atoms in total. The number of aryl methyl sites for hydroxylation is 1. The second-order valence-electron chi connectivity index (χ2n) is 4.16. The van der Waals surface area contributed by atoms with E-state index in [-0.39, 0.29) is 11.7 Å². The van der Waals surface area contributed by atoms with Gasteiger partial charge >= 0.3 is 0 Å². The summed E-state index contributed by atoms with van der Waals surface area (Å²) in [5.74, 6) is -0.0192. The van der Waals surface area contributed by atoms with E-state index in [9.17, 15) is 9.59 Å². The van der Waals surface area contributed by atoms with Crippen LogP contribution in [0.1, 0.15) is 35.7 Å². The van der Waals surface area contributed by atoms with Crippen molar-refractivity contribution in [2.24, 2.45) is 0 Å². The lowest BCUT2D eigenvalue weighted by Crippen LogP contribution is -2.20. The second kappa shape index (κ2) is 4.88. The smallest absolute Gasteiger partial charge is 0.224 e. The summed E-state index contributed by atoms with van der Waals surface area (Å²) >= 11 is 5.94. The maximum atomic E-state index is 11.9. The lowest BCUT2D eigenvalue weighted by atomic mass is 9.97. The molecular weight excluding hydrogens is 238 g/mol. The fourth-order valence-corrected chi connectivity index (χ4v) is 2.03. The van der Waals surface area contributed by atoms with E-state index < -0.39 is 5.38 Å². The first-order valence-corrected chi connectivity index (χ1v) is 6.16. The molecule has 0 saturated heterocycles. The number of fused-ring (bicyclic) bond motifs is 1. The summed E-state index contributed by atoms with van der Waals surface area (Å²) in [4.78, 5) is 23.1. The molecule has 0 bridgehead atoms. The monoisotopic (exact) mass is 251 g/mol. The highest BCUT2D eigenvalue weighted by Gasteiger charge is 2.19. The van der Waals surface area contributed by atoms with Crippen LogP contribution >= 0.6 is 11.6 Å². The third kappa shape index (κ3) is 2.50. The third-order valence-corrected chi connectivity index (χ3v) is 3.43. The number of amides is 1. The van der Waals surface area contributed by atoms with Gasteiger partial charge in [0.25, 0.3) is 0 Å². The molecule has 1 atom stereocenters. The van der Waals surface area contributed by atoms with Crippen molar-refractivity contribution >= 4 is 29.0 Å². The van der Waals surface area contributed by atoms with Crippen LogP contribution < -0.4 is 5.32 Å². The molecule has 1 amide bonds. The molecule has 1 aliphatic heterocycles. The Kier molecular flexibility index (Phi) is 3.48. The molecule has 0 saturated carbocycles. The first-order chi connectivity index (χ1) is 8.11. The summed E-state index contributed by atoms with van der Waals surface area (Å²) in [6.45, 7) is 1.88. The Balaban J connectivity index is 2.28. The zero-order valence-electron chi connectivity index (χ0n) is 9.63. The van der Waals surface area contributed by atoms with Gasteiger partial charge in [0, 0.05) is 17.7 Å². The van der Waals surface area contributed by atoms with Gasteiger partial charge in [-0.2, -0.15) is 0 Å². The van der Waals surface area contributed by atoms with E-state index in [0.29, 0.717) is 24.8 Å². The van der Waals surface area contributed by atoms with Crippen LogP contribution in [0.2, 0.25) is 0 Å². The summed E-state index contributed by atoms with van der Waals surface area (Å²) in [5, 5.41) is 2.32. The number of rotatable bonds is 3.